The van der Waals surface area contributed by atoms with E-state index in [2.05, 4.69) is 9.47 Å². The molecule has 0 fully saturated rings. The van der Waals surface area contributed by atoms with E-state index < -0.39 is 30.5 Å². The number of ether oxygens (including phenoxy) is 2. The zero-order chi connectivity index (χ0) is 15.3. The van der Waals surface area contributed by atoms with E-state index in [1.165, 1.54) is 0 Å². The van der Waals surface area contributed by atoms with Crippen LogP contribution < -0.4 is 0 Å². The summed E-state index contributed by atoms with van der Waals surface area (Å²) in [7, 11) is 0.862. The minimum absolute atomic E-state index is 0.238. The van der Waals surface area contributed by atoms with Gasteiger partial charge in [-0.15, -0.1) is 0 Å². The second-order valence-electron chi connectivity index (χ2n) is 3.75. The van der Waals surface area contributed by atoms with Crippen LogP contribution in [-0.4, -0.2) is 37.6 Å². The van der Waals surface area contributed by atoms with Crippen molar-refractivity contribution in [2.45, 2.75) is 50.7 Å². The maximum absolute atomic E-state index is 12.3. The molecule has 0 bridgehead atoms. The summed E-state index contributed by atoms with van der Waals surface area (Å²) in [4.78, 5) is 11.1. The van der Waals surface area contributed by atoms with E-state index in [-0.39, 0.29) is 12.8 Å². The molecule has 1 atom stereocenters. The molecule has 9 heteroatoms. The molecule has 0 N–H and O–H groups in total. The van der Waals surface area contributed by atoms with Crippen LogP contribution in [0.5, 0.6) is 0 Å². The van der Waals surface area contributed by atoms with Gasteiger partial charge in [0.25, 0.3) is 0 Å². The number of hydrogen-bond donors (Lipinski definition) is 0. The van der Waals surface area contributed by atoms with Crippen LogP contribution in [0.15, 0.2) is 0 Å². The van der Waals surface area contributed by atoms with E-state index in [1.807, 2.05) is 0 Å². The Morgan fingerprint density at radius 2 is 1.58 bits per heavy atom. The number of rotatable bonds is 6. The Hall–Kier alpha value is -0.990. The van der Waals surface area contributed by atoms with E-state index in [1.54, 1.807) is 6.92 Å². The number of carbonyl (C=O) groups is 1. The van der Waals surface area contributed by atoms with Gasteiger partial charge in [0.2, 0.25) is 6.10 Å². The van der Waals surface area contributed by atoms with Gasteiger partial charge in [0.05, 0.1) is 7.11 Å². The number of halogens is 6. The molecule has 0 spiro atoms. The highest BCUT2D eigenvalue weighted by molar-refractivity contribution is 5.74. The normalized spacial score (nSPS) is 14.6. The Kier molecular flexibility index (Phi) is 6.61. The number of carbonyl (C=O) groups excluding carboxylic acids is 1. The average Bonchev–Trinajstić information content (AvgIpc) is 2.24. The first kappa shape index (κ1) is 18.0. The second kappa shape index (κ2) is 6.97. The van der Waals surface area contributed by atoms with Crippen LogP contribution in [0.1, 0.15) is 26.2 Å². The van der Waals surface area contributed by atoms with Crippen LogP contribution in [0.3, 0.4) is 0 Å². The van der Waals surface area contributed by atoms with Crippen LogP contribution in [0.4, 0.5) is 26.3 Å². The largest absolute Gasteiger partial charge is 0.467 e. The van der Waals surface area contributed by atoms with Crippen LogP contribution in [0.25, 0.3) is 0 Å². The van der Waals surface area contributed by atoms with Gasteiger partial charge in [0.1, 0.15) is 0 Å². The van der Waals surface area contributed by atoms with Crippen molar-refractivity contribution in [1.82, 2.24) is 0 Å². The Morgan fingerprint density at radius 1 is 1.11 bits per heavy atom. The van der Waals surface area contributed by atoms with Crippen molar-refractivity contribution in [1.29, 1.82) is 0 Å². The van der Waals surface area contributed by atoms with Crippen molar-refractivity contribution in [2.75, 3.05) is 7.11 Å². The monoisotopic (exact) mass is 296 g/mol. The number of unbranched alkanes of at least 4 members (excludes halogenated alkanes) is 1. The molecule has 0 radical (unpaired) electrons. The van der Waals surface area contributed by atoms with Crippen molar-refractivity contribution in [2.24, 2.45) is 0 Å². The van der Waals surface area contributed by atoms with Gasteiger partial charge in [-0.3, -0.25) is 0 Å². The first-order valence-electron chi connectivity index (χ1n) is 5.40. The van der Waals surface area contributed by atoms with Crippen molar-refractivity contribution in [3.63, 3.8) is 0 Å². The van der Waals surface area contributed by atoms with E-state index in [0.29, 0.717) is 6.42 Å². The summed E-state index contributed by atoms with van der Waals surface area (Å²) < 4.78 is 81.7. The maximum atomic E-state index is 12.3. The molecule has 0 aliphatic rings. The summed E-state index contributed by atoms with van der Waals surface area (Å²) in [6.45, 7) is 1.67. The minimum Gasteiger partial charge on any atom is -0.467 e. The van der Waals surface area contributed by atoms with E-state index in [9.17, 15) is 31.1 Å². The maximum Gasteiger partial charge on any atom is 0.423 e. The summed E-state index contributed by atoms with van der Waals surface area (Å²) >= 11 is 0. The first-order chi connectivity index (χ1) is 8.54. The lowest BCUT2D eigenvalue weighted by Crippen LogP contribution is -2.48. The van der Waals surface area contributed by atoms with E-state index >= 15 is 0 Å². The van der Waals surface area contributed by atoms with Crippen LogP contribution in [0.2, 0.25) is 0 Å². The van der Waals surface area contributed by atoms with Gasteiger partial charge in [-0.1, -0.05) is 19.8 Å². The highest BCUT2D eigenvalue weighted by atomic mass is 19.4. The molecule has 0 amide bonds. The Morgan fingerprint density at radius 3 is 1.89 bits per heavy atom. The minimum atomic E-state index is -5.64. The molecular formula is C10H14F6O3. The Bertz CT molecular complexity index is 272. The number of alkyl halides is 6. The molecule has 0 aliphatic carbocycles. The highest BCUT2D eigenvalue weighted by Crippen LogP contribution is 2.36. The Labute approximate surface area is 105 Å². The lowest BCUT2D eigenvalue weighted by molar-refractivity contribution is -0.329. The van der Waals surface area contributed by atoms with Gasteiger partial charge in [0.15, 0.2) is 6.10 Å². The third-order valence-electron chi connectivity index (χ3n) is 2.18. The van der Waals surface area contributed by atoms with Crippen LogP contribution >= 0.6 is 0 Å². The van der Waals surface area contributed by atoms with Crippen LogP contribution in [-0.2, 0) is 14.3 Å². The van der Waals surface area contributed by atoms with Gasteiger partial charge in [-0.25, -0.2) is 4.79 Å². The van der Waals surface area contributed by atoms with Gasteiger partial charge < -0.3 is 9.47 Å². The standard InChI is InChI=1S/C10H14F6O3/c1-3-4-5-6(7(17)18-2)19-8(9(11,12)13)10(14,15)16/h6,8H,3-5H2,1-2H3. The van der Waals surface area contributed by atoms with Crippen molar-refractivity contribution in [3.05, 3.63) is 0 Å². The number of esters is 1. The second-order valence-corrected chi connectivity index (χ2v) is 3.75. The van der Waals surface area contributed by atoms with E-state index in [0.717, 1.165) is 7.11 Å². The SMILES string of the molecule is CCCCC(OC(C(F)(F)F)C(F)(F)F)C(=O)OC. The quantitative estimate of drug-likeness (QED) is 0.557. The lowest BCUT2D eigenvalue weighted by Gasteiger charge is -2.26. The van der Waals surface area contributed by atoms with Gasteiger partial charge in [-0.2, -0.15) is 26.3 Å². The van der Waals surface area contributed by atoms with Crippen LogP contribution in [0, 0.1) is 0 Å². The highest BCUT2D eigenvalue weighted by Gasteiger charge is 2.59. The molecule has 0 rings (SSSR count). The molecule has 3 nitrogen and oxygen atoms in total. The third kappa shape index (κ3) is 6.13. The van der Waals surface area contributed by atoms with E-state index in [4.69, 9.17) is 0 Å². The fourth-order valence-corrected chi connectivity index (χ4v) is 1.27. The zero-order valence-electron chi connectivity index (χ0n) is 10.3. The molecule has 0 heterocycles. The molecule has 0 aromatic carbocycles. The van der Waals surface area contributed by atoms with Crippen molar-refractivity contribution >= 4 is 5.97 Å². The number of methoxy groups -OCH3 is 1. The first-order valence-corrected chi connectivity index (χ1v) is 5.40. The lowest BCUT2D eigenvalue weighted by atomic mass is 10.1. The smallest absolute Gasteiger partial charge is 0.423 e. The van der Waals surface area contributed by atoms with Crippen molar-refractivity contribution < 1.29 is 40.6 Å². The Balaban J connectivity index is 4.99. The molecule has 0 saturated heterocycles. The summed E-state index contributed by atoms with van der Waals surface area (Å²) in [6, 6.07) is 0. The fraction of sp³-hybridized carbons (Fsp3) is 0.900. The topological polar surface area (TPSA) is 35.5 Å². The van der Waals surface area contributed by atoms with Crippen molar-refractivity contribution in [3.8, 4) is 0 Å². The summed E-state index contributed by atoms with van der Waals surface area (Å²) in [5, 5.41) is 0. The third-order valence-corrected chi connectivity index (χ3v) is 2.18. The predicted molar refractivity (Wildman–Crippen MR) is 52.3 cm³/mol. The summed E-state index contributed by atoms with van der Waals surface area (Å²) in [6.07, 6.45) is -16.7. The average molecular weight is 296 g/mol. The molecule has 19 heavy (non-hydrogen) atoms. The predicted octanol–water partition coefficient (Wildman–Crippen LogP) is 3.23. The molecule has 114 valence electrons. The van der Waals surface area contributed by atoms with Gasteiger partial charge in [-0.05, 0) is 6.42 Å². The summed E-state index contributed by atoms with van der Waals surface area (Å²) in [5.41, 5.74) is 0. The fourth-order valence-electron chi connectivity index (χ4n) is 1.27. The molecule has 0 aromatic heterocycles. The summed E-state index contributed by atoms with van der Waals surface area (Å²) in [5.74, 6) is -1.26. The number of hydrogen-bond acceptors (Lipinski definition) is 3. The molecule has 0 aliphatic heterocycles. The molecule has 1 unspecified atom stereocenters. The molecule has 0 saturated carbocycles. The zero-order valence-corrected chi connectivity index (χ0v) is 10.3. The van der Waals surface area contributed by atoms with Gasteiger partial charge in [0, 0.05) is 0 Å². The molecular weight excluding hydrogens is 282 g/mol. The van der Waals surface area contributed by atoms with Gasteiger partial charge >= 0.3 is 18.3 Å². The molecule has 0 aromatic rings.